The SMILES string of the molecule is COc1cc(O)c(C(=O)CCc2ccccc2)c(O)c1C(C=C(C)C)c1cc(C(=O)O)cc(CC=C(C)C)c1O. The number of hydrogen-bond donors (Lipinski definition) is 4. The van der Waals surface area contributed by atoms with Crippen molar-refractivity contribution in [3.8, 4) is 23.0 Å². The Hall–Kier alpha value is -4.52. The smallest absolute Gasteiger partial charge is 0.335 e. The third kappa shape index (κ3) is 6.91. The lowest BCUT2D eigenvalue weighted by atomic mass is 9.83. The van der Waals surface area contributed by atoms with Crippen LogP contribution in [-0.4, -0.2) is 39.3 Å². The lowest BCUT2D eigenvalue weighted by molar-refractivity contribution is 0.0696. The van der Waals surface area contributed by atoms with E-state index < -0.39 is 29.2 Å². The topological polar surface area (TPSA) is 124 Å². The second-order valence-electron chi connectivity index (χ2n) is 10.2. The van der Waals surface area contributed by atoms with Crippen LogP contribution in [0.2, 0.25) is 0 Å². The van der Waals surface area contributed by atoms with Gasteiger partial charge in [0.05, 0.1) is 12.7 Å². The number of carboxylic acid groups (broad SMARTS) is 1. The number of phenols is 3. The van der Waals surface area contributed by atoms with Gasteiger partial charge in [0.2, 0.25) is 0 Å². The Morgan fingerprint density at radius 2 is 1.60 bits per heavy atom. The van der Waals surface area contributed by atoms with Gasteiger partial charge in [-0.25, -0.2) is 4.79 Å². The molecule has 40 heavy (non-hydrogen) atoms. The summed E-state index contributed by atoms with van der Waals surface area (Å²) in [4.78, 5) is 25.3. The summed E-state index contributed by atoms with van der Waals surface area (Å²) in [6, 6.07) is 13.4. The fraction of sp³-hybridized carbons (Fsp3) is 0.273. The van der Waals surface area contributed by atoms with Gasteiger partial charge in [-0.3, -0.25) is 4.79 Å². The minimum Gasteiger partial charge on any atom is -0.507 e. The zero-order valence-corrected chi connectivity index (χ0v) is 23.5. The summed E-state index contributed by atoms with van der Waals surface area (Å²) in [5, 5.41) is 43.5. The highest BCUT2D eigenvalue weighted by molar-refractivity contribution is 6.02. The van der Waals surface area contributed by atoms with Gasteiger partial charge in [0.25, 0.3) is 0 Å². The van der Waals surface area contributed by atoms with Crippen LogP contribution in [0.15, 0.2) is 71.8 Å². The van der Waals surface area contributed by atoms with Crippen LogP contribution in [0.5, 0.6) is 23.0 Å². The monoisotopic (exact) mass is 544 g/mol. The number of Topliss-reactive ketones (excluding diaryl/α,β-unsaturated/α-hetero) is 1. The molecule has 0 heterocycles. The van der Waals surface area contributed by atoms with Crippen LogP contribution in [0.25, 0.3) is 0 Å². The van der Waals surface area contributed by atoms with E-state index in [4.69, 9.17) is 4.74 Å². The molecule has 3 aromatic carbocycles. The van der Waals surface area contributed by atoms with Crippen LogP contribution in [-0.2, 0) is 12.8 Å². The number of carbonyl (C=O) groups excluding carboxylic acids is 1. The van der Waals surface area contributed by atoms with Gasteiger partial charge < -0.3 is 25.2 Å². The first-order valence-corrected chi connectivity index (χ1v) is 13.0. The molecule has 0 aromatic heterocycles. The van der Waals surface area contributed by atoms with E-state index in [0.717, 1.165) is 16.7 Å². The number of ketones is 1. The molecule has 0 radical (unpaired) electrons. The van der Waals surface area contributed by atoms with Crippen molar-refractivity contribution in [2.24, 2.45) is 0 Å². The second-order valence-corrected chi connectivity index (χ2v) is 10.2. The number of benzene rings is 3. The molecule has 4 N–H and O–H groups in total. The highest BCUT2D eigenvalue weighted by Crippen LogP contribution is 2.48. The van der Waals surface area contributed by atoms with Crippen molar-refractivity contribution in [1.82, 2.24) is 0 Å². The van der Waals surface area contributed by atoms with E-state index in [1.807, 2.05) is 64.1 Å². The van der Waals surface area contributed by atoms with E-state index in [1.165, 1.54) is 25.3 Å². The molecule has 0 saturated carbocycles. The summed E-state index contributed by atoms with van der Waals surface area (Å²) in [7, 11) is 1.36. The summed E-state index contributed by atoms with van der Waals surface area (Å²) in [5.41, 5.74) is 3.22. The zero-order chi connectivity index (χ0) is 29.6. The highest BCUT2D eigenvalue weighted by Gasteiger charge is 2.30. The molecule has 0 spiro atoms. The average Bonchev–Trinajstić information content (AvgIpc) is 2.90. The lowest BCUT2D eigenvalue weighted by Crippen LogP contribution is -2.10. The first-order valence-electron chi connectivity index (χ1n) is 13.0. The van der Waals surface area contributed by atoms with E-state index in [9.17, 15) is 30.0 Å². The molecule has 0 bridgehead atoms. The zero-order valence-electron chi connectivity index (χ0n) is 23.5. The van der Waals surface area contributed by atoms with Crippen molar-refractivity contribution in [3.63, 3.8) is 0 Å². The minimum absolute atomic E-state index is 0.0338. The fourth-order valence-corrected chi connectivity index (χ4v) is 4.63. The molecule has 0 saturated heterocycles. The maximum atomic E-state index is 13.3. The Bertz CT molecular complexity index is 1460. The number of aryl methyl sites for hydroxylation is 1. The standard InChI is InChI=1S/C33H36O7/c1-19(2)11-13-22-16-23(33(38)39)17-25(31(22)36)24(15-20(3)4)29-28(40-5)18-27(35)30(32(29)37)26(34)14-12-21-9-7-6-8-10-21/h6-11,15-18,24,35-37H,12-14H2,1-5H3,(H,38,39). The summed E-state index contributed by atoms with van der Waals surface area (Å²) in [6.45, 7) is 7.46. The second kappa shape index (κ2) is 13.0. The number of aromatic hydroxyl groups is 3. The summed E-state index contributed by atoms with van der Waals surface area (Å²) in [5.74, 6) is -3.49. The molecular weight excluding hydrogens is 508 g/mol. The largest absolute Gasteiger partial charge is 0.507 e. The fourth-order valence-electron chi connectivity index (χ4n) is 4.63. The van der Waals surface area contributed by atoms with E-state index >= 15 is 0 Å². The number of ether oxygens (including phenoxy) is 1. The van der Waals surface area contributed by atoms with E-state index in [2.05, 4.69) is 0 Å². The third-order valence-corrected chi connectivity index (χ3v) is 6.61. The Morgan fingerprint density at radius 1 is 0.925 bits per heavy atom. The predicted octanol–water partition coefficient (Wildman–Crippen LogP) is 6.93. The highest BCUT2D eigenvalue weighted by atomic mass is 16.5. The summed E-state index contributed by atoms with van der Waals surface area (Å²) < 4.78 is 5.51. The molecule has 3 aromatic rings. The normalized spacial score (nSPS) is 11.4. The van der Waals surface area contributed by atoms with Crippen molar-refractivity contribution in [3.05, 3.63) is 105 Å². The molecule has 0 fully saturated rings. The Morgan fingerprint density at radius 3 is 2.17 bits per heavy atom. The van der Waals surface area contributed by atoms with E-state index in [0.29, 0.717) is 18.4 Å². The molecule has 7 heteroatoms. The van der Waals surface area contributed by atoms with E-state index in [-0.39, 0.29) is 40.2 Å². The van der Waals surface area contributed by atoms with E-state index in [1.54, 1.807) is 6.08 Å². The molecule has 0 aliphatic carbocycles. The first kappa shape index (κ1) is 30.0. The molecule has 3 rings (SSSR count). The minimum atomic E-state index is -1.17. The number of carboxylic acids is 1. The van der Waals surface area contributed by atoms with Gasteiger partial charge in [0.1, 0.15) is 28.6 Å². The molecule has 0 amide bonds. The quantitative estimate of drug-likeness (QED) is 0.152. The molecular formula is C33H36O7. The Labute approximate surface area is 234 Å². The molecule has 0 aliphatic rings. The van der Waals surface area contributed by atoms with Gasteiger partial charge >= 0.3 is 5.97 Å². The van der Waals surface area contributed by atoms with Crippen LogP contribution >= 0.6 is 0 Å². The number of phenolic OH excluding ortho intramolecular Hbond substituents is 3. The van der Waals surface area contributed by atoms with Gasteiger partial charge in [-0.2, -0.15) is 0 Å². The molecule has 1 unspecified atom stereocenters. The van der Waals surface area contributed by atoms with Crippen molar-refractivity contribution in [2.75, 3.05) is 7.11 Å². The predicted molar refractivity (Wildman–Crippen MR) is 155 cm³/mol. The van der Waals surface area contributed by atoms with Crippen LogP contribution in [0.1, 0.15) is 83.0 Å². The summed E-state index contributed by atoms with van der Waals surface area (Å²) in [6.07, 6.45) is 4.37. The Kier molecular flexibility index (Phi) is 9.78. The molecule has 1 atom stereocenters. The number of rotatable bonds is 11. The average molecular weight is 545 g/mol. The number of hydrogen-bond acceptors (Lipinski definition) is 6. The molecule has 0 aliphatic heterocycles. The van der Waals surface area contributed by atoms with Gasteiger partial charge in [0, 0.05) is 29.5 Å². The Balaban J connectivity index is 2.24. The van der Waals surface area contributed by atoms with Crippen LogP contribution in [0.3, 0.4) is 0 Å². The number of allylic oxidation sites excluding steroid dienone is 4. The van der Waals surface area contributed by atoms with Crippen LogP contribution < -0.4 is 4.74 Å². The van der Waals surface area contributed by atoms with Gasteiger partial charge in [0.15, 0.2) is 5.78 Å². The maximum Gasteiger partial charge on any atom is 0.335 e. The van der Waals surface area contributed by atoms with Crippen LogP contribution in [0.4, 0.5) is 0 Å². The van der Waals surface area contributed by atoms with Crippen LogP contribution in [0, 0.1) is 0 Å². The lowest BCUT2D eigenvalue weighted by Gasteiger charge is -2.23. The third-order valence-electron chi connectivity index (χ3n) is 6.61. The number of aromatic carboxylic acids is 1. The number of carbonyl (C=O) groups is 2. The van der Waals surface area contributed by atoms with Crippen molar-refractivity contribution in [2.45, 2.75) is 52.9 Å². The first-order chi connectivity index (χ1) is 18.9. The van der Waals surface area contributed by atoms with Gasteiger partial charge in [-0.15, -0.1) is 0 Å². The van der Waals surface area contributed by atoms with Crippen molar-refractivity contribution >= 4 is 11.8 Å². The summed E-state index contributed by atoms with van der Waals surface area (Å²) >= 11 is 0. The van der Waals surface area contributed by atoms with Crippen molar-refractivity contribution < 1.29 is 34.8 Å². The molecule has 7 nitrogen and oxygen atoms in total. The van der Waals surface area contributed by atoms with Gasteiger partial charge in [-0.05, 0) is 63.8 Å². The van der Waals surface area contributed by atoms with Crippen molar-refractivity contribution in [1.29, 1.82) is 0 Å². The number of methoxy groups -OCH3 is 1. The van der Waals surface area contributed by atoms with Gasteiger partial charge in [-0.1, -0.05) is 53.6 Å². The maximum absolute atomic E-state index is 13.3. The molecule has 210 valence electrons.